The third-order valence-electron chi connectivity index (χ3n) is 5.26. The first-order valence-corrected chi connectivity index (χ1v) is 12.5. The maximum absolute atomic E-state index is 11.0. The van der Waals surface area contributed by atoms with Crippen LogP contribution in [0.1, 0.15) is 123 Å². The normalized spacial score (nSPS) is 13.9. The second-order valence-corrected chi connectivity index (χ2v) is 9.55. The first-order chi connectivity index (χ1) is 12.4. The summed E-state index contributed by atoms with van der Waals surface area (Å²) in [6.07, 6.45) is 19.0. The van der Waals surface area contributed by atoms with Crippen LogP contribution in [0.2, 0.25) is 0 Å². The monoisotopic (exact) mass is 430 g/mol. The fourth-order valence-corrected chi connectivity index (χ4v) is 4.35. The minimum Gasteiger partial charge on any atom is -0.748 e. The Kier molecular flexibility index (Phi) is 23.6. The van der Waals surface area contributed by atoms with Gasteiger partial charge >= 0.3 is 51.4 Å². The van der Waals surface area contributed by atoms with Crippen molar-refractivity contribution >= 4 is 10.1 Å². The summed E-state index contributed by atoms with van der Waals surface area (Å²) >= 11 is 0. The van der Waals surface area contributed by atoms with Crippen molar-refractivity contribution in [1.29, 1.82) is 0 Å². The smallest absolute Gasteiger partial charge is 0.748 e. The Morgan fingerprint density at radius 3 is 1.26 bits per heavy atom. The van der Waals surface area contributed by atoms with Gasteiger partial charge in [-0.05, 0) is 26.2 Å². The van der Waals surface area contributed by atoms with Crippen LogP contribution in [0.15, 0.2) is 0 Å². The second-order valence-electron chi connectivity index (χ2n) is 7.90. The summed E-state index contributed by atoms with van der Waals surface area (Å²) in [6.45, 7) is 3.64. The van der Waals surface area contributed by atoms with Crippen molar-refractivity contribution < 1.29 is 69.5 Å². The van der Waals surface area contributed by atoms with Gasteiger partial charge in [0, 0.05) is 5.25 Å². The number of hydrogen-bond acceptors (Lipinski definition) is 4. The Hall–Kier alpha value is 1.51. The van der Waals surface area contributed by atoms with Crippen LogP contribution >= 0.6 is 0 Å². The summed E-state index contributed by atoms with van der Waals surface area (Å²) in [4.78, 5) is 0. The van der Waals surface area contributed by atoms with Crippen LogP contribution in [0.3, 0.4) is 0 Å². The zero-order valence-electron chi connectivity index (χ0n) is 18.3. The molecule has 0 fully saturated rings. The molecule has 6 heteroatoms. The van der Waals surface area contributed by atoms with E-state index < -0.39 is 15.4 Å². The molecule has 0 aliphatic rings. The zero-order chi connectivity index (χ0) is 19.7. The maximum atomic E-state index is 11.0. The van der Waals surface area contributed by atoms with E-state index >= 15 is 0 Å². The van der Waals surface area contributed by atoms with E-state index in [1.54, 1.807) is 6.92 Å². The van der Waals surface area contributed by atoms with Gasteiger partial charge < -0.3 is 9.66 Å². The Bertz CT molecular complexity index is 399. The molecule has 0 aliphatic carbocycles. The van der Waals surface area contributed by atoms with E-state index in [1.165, 1.54) is 64.2 Å². The molecule has 4 nitrogen and oxygen atoms in total. The van der Waals surface area contributed by atoms with Crippen molar-refractivity contribution in [2.75, 3.05) is 0 Å². The number of aliphatic hydroxyl groups is 1. The van der Waals surface area contributed by atoms with Gasteiger partial charge in [0.05, 0.1) is 16.2 Å². The average molecular weight is 431 g/mol. The van der Waals surface area contributed by atoms with Crippen molar-refractivity contribution in [3.63, 3.8) is 0 Å². The molecule has 0 saturated heterocycles. The fourth-order valence-electron chi connectivity index (χ4n) is 3.49. The molecule has 0 saturated carbocycles. The van der Waals surface area contributed by atoms with Crippen molar-refractivity contribution in [1.82, 2.24) is 0 Å². The third kappa shape index (κ3) is 22.0. The standard InChI is InChI=1S/C21H44O4S.K/c1-3-21(26(23,24)25)19-17-15-13-11-9-7-5-4-6-8-10-12-14-16-18-20(2)22;/h20-22H,3-19H2,1-2H3,(H,23,24,25);/q;+1/p-1. The van der Waals surface area contributed by atoms with E-state index in [-0.39, 0.29) is 57.5 Å². The Balaban J connectivity index is 0. The molecule has 0 heterocycles. The van der Waals surface area contributed by atoms with E-state index in [0.29, 0.717) is 12.8 Å². The second kappa shape index (κ2) is 20.8. The number of unbranched alkanes of at least 4 members (excludes halogenated alkanes) is 13. The first-order valence-electron chi connectivity index (χ1n) is 11.0. The molecule has 0 bridgehead atoms. The number of aliphatic hydroxyl groups excluding tert-OH is 1. The van der Waals surface area contributed by atoms with Crippen LogP contribution in [0, 0.1) is 0 Å². The number of rotatable bonds is 19. The summed E-state index contributed by atoms with van der Waals surface area (Å²) in [7, 11) is -4.10. The van der Waals surface area contributed by atoms with Gasteiger partial charge in [-0.1, -0.05) is 96.8 Å². The summed E-state index contributed by atoms with van der Waals surface area (Å²) in [6, 6.07) is 0. The molecule has 1 N–H and O–H groups in total. The van der Waals surface area contributed by atoms with Crippen LogP contribution in [-0.4, -0.2) is 29.4 Å². The number of hydrogen-bond donors (Lipinski definition) is 1. The van der Waals surface area contributed by atoms with E-state index in [4.69, 9.17) is 0 Å². The molecule has 0 radical (unpaired) electrons. The maximum Gasteiger partial charge on any atom is 1.00 e. The van der Waals surface area contributed by atoms with Gasteiger partial charge in [-0.2, -0.15) is 0 Å². The molecule has 0 aromatic heterocycles. The Morgan fingerprint density at radius 1 is 0.704 bits per heavy atom. The van der Waals surface area contributed by atoms with Gasteiger partial charge in [-0.15, -0.1) is 0 Å². The predicted molar refractivity (Wildman–Crippen MR) is 109 cm³/mol. The van der Waals surface area contributed by atoms with E-state index in [2.05, 4.69) is 0 Å². The molecule has 0 aliphatic heterocycles. The predicted octanol–water partition coefficient (Wildman–Crippen LogP) is 2.94. The topological polar surface area (TPSA) is 77.4 Å². The zero-order valence-corrected chi connectivity index (χ0v) is 22.2. The van der Waals surface area contributed by atoms with Gasteiger partial charge in [0.15, 0.2) is 0 Å². The molecule has 158 valence electrons. The molecule has 0 rings (SSSR count). The molecule has 27 heavy (non-hydrogen) atoms. The van der Waals surface area contributed by atoms with Crippen LogP contribution < -0.4 is 51.4 Å². The summed E-state index contributed by atoms with van der Waals surface area (Å²) in [5.74, 6) is 0. The fraction of sp³-hybridized carbons (Fsp3) is 1.00. The van der Waals surface area contributed by atoms with E-state index in [1.807, 2.05) is 6.92 Å². The van der Waals surface area contributed by atoms with Gasteiger partial charge in [0.2, 0.25) is 0 Å². The van der Waals surface area contributed by atoms with Gasteiger partial charge in [0.25, 0.3) is 0 Å². The van der Waals surface area contributed by atoms with Gasteiger partial charge in [-0.25, -0.2) is 8.42 Å². The molecule has 0 spiro atoms. The summed E-state index contributed by atoms with van der Waals surface area (Å²) in [5.41, 5.74) is 0. The summed E-state index contributed by atoms with van der Waals surface area (Å²) in [5, 5.41) is 8.50. The van der Waals surface area contributed by atoms with Crippen molar-refractivity contribution in [2.45, 2.75) is 134 Å². The van der Waals surface area contributed by atoms with Crippen molar-refractivity contribution in [3.05, 3.63) is 0 Å². The third-order valence-corrected chi connectivity index (χ3v) is 6.65. The SMILES string of the molecule is CCC(CCCCCCCCCCCCCCCCC(C)O)S(=O)(=O)[O-].[K+]. The molecule has 2 unspecified atom stereocenters. The van der Waals surface area contributed by atoms with Crippen LogP contribution in [0.25, 0.3) is 0 Å². The molecule has 0 aromatic rings. The van der Waals surface area contributed by atoms with Crippen LogP contribution in [0.4, 0.5) is 0 Å². The summed E-state index contributed by atoms with van der Waals surface area (Å²) < 4.78 is 33.0. The van der Waals surface area contributed by atoms with Crippen molar-refractivity contribution in [2.24, 2.45) is 0 Å². The molecule has 0 amide bonds. The van der Waals surface area contributed by atoms with Gasteiger partial charge in [-0.3, -0.25) is 0 Å². The van der Waals surface area contributed by atoms with Crippen LogP contribution in [-0.2, 0) is 10.1 Å². The molecule has 0 aromatic carbocycles. The largest absolute Gasteiger partial charge is 1.00 e. The van der Waals surface area contributed by atoms with E-state index in [0.717, 1.165) is 32.1 Å². The average Bonchev–Trinajstić information content (AvgIpc) is 2.56. The molecule has 2 atom stereocenters. The molecular weight excluding hydrogens is 387 g/mol. The van der Waals surface area contributed by atoms with Gasteiger partial charge in [0.1, 0.15) is 0 Å². The van der Waals surface area contributed by atoms with Crippen molar-refractivity contribution in [3.8, 4) is 0 Å². The molecular formula is C21H43KO4S. The van der Waals surface area contributed by atoms with E-state index in [9.17, 15) is 18.1 Å². The minimum absolute atomic E-state index is 0. The first kappa shape index (κ1) is 30.7. The van der Waals surface area contributed by atoms with Crippen LogP contribution in [0.5, 0.6) is 0 Å². The Morgan fingerprint density at radius 2 is 1.00 bits per heavy atom. The Labute approximate surface area is 211 Å². The minimum atomic E-state index is -4.10. The quantitative estimate of drug-likeness (QED) is 0.194.